The van der Waals surface area contributed by atoms with Gasteiger partial charge in [-0.25, -0.2) is 4.79 Å². The Labute approximate surface area is 156 Å². The van der Waals surface area contributed by atoms with Gasteiger partial charge in [-0.3, -0.25) is 10.1 Å². The van der Waals surface area contributed by atoms with E-state index in [1.165, 1.54) is 0 Å². The summed E-state index contributed by atoms with van der Waals surface area (Å²) in [7, 11) is 0. The number of nitrogens with one attached hydrogen (secondary N) is 2. The molecule has 0 saturated heterocycles. The maximum Gasteiger partial charge on any atom is 0.423 e. The lowest BCUT2D eigenvalue weighted by Crippen LogP contribution is -2.21. The number of hydrogen-bond donors (Lipinski definition) is 2. The van der Waals surface area contributed by atoms with Gasteiger partial charge in [-0.2, -0.15) is 13.2 Å². The minimum absolute atomic E-state index is 0.231. The van der Waals surface area contributed by atoms with Gasteiger partial charge in [-0.05, 0) is 42.5 Å². The first kappa shape index (κ1) is 19.0. The number of benzene rings is 2. The van der Waals surface area contributed by atoms with E-state index < -0.39 is 28.4 Å². The summed E-state index contributed by atoms with van der Waals surface area (Å²) >= 11 is 6.12. The van der Waals surface area contributed by atoms with Gasteiger partial charge >= 0.3 is 12.2 Å². The van der Waals surface area contributed by atoms with Crippen LogP contribution >= 0.6 is 11.6 Å². The van der Waals surface area contributed by atoms with Crippen molar-refractivity contribution in [1.82, 2.24) is 0 Å². The van der Waals surface area contributed by atoms with Crippen LogP contribution in [0.25, 0.3) is 0 Å². The largest absolute Gasteiger partial charge is 0.423 e. The van der Waals surface area contributed by atoms with Crippen LogP contribution in [0.15, 0.2) is 36.4 Å². The standard InChI is InChI=1S/C17H13ClF3N3O3/c18-13-3-1-2-11(9-4-5-9)15(13)23-16(25)22-10-6-7-14(24(26)27)12(8-10)17(19,20)21/h1-3,6-9H,4-5H2,(H2,22,23,25). The third-order valence-electron chi connectivity index (χ3n) is 4.06. The molecule has 6 nitrogen and oxygen atoms in total. The first-order chi connectivity index (χ1) is 12.7. The lowest BCUT2D eigenvalue weighted by atomic mass is 10.1. The molecule has 142 valence electrons. The highest BCUT2D eigenvalue weighted by Gasteiger charge is 2.38. The van der Waals surface area contributed by atoms with Crippen molar-refractivity contribution in [3.63, 3.8) is 0 Å². The topological polar surface area (TPSA) is 84.3 Å². The van der Waals surface area contributed by atoms with Crippen molar-refractivity contribution in [3.05, 3.63) is 62.7 Å². The molecule has 0 atom stereocenters. The van der Waals surface area contributed by atoms with E-state index in [9.17, 15) is 28.1 Å². The maximum absolute atomic E-state index is 13.0. The summed E-state index contributed by atoms with van der Waals surface area (Å²) in [4.78, 5) is 21.9. The van der Waals surface area contributed by atoms with E-state index in [-0.39, 0.29) is 11.6 Å². The Bertz CT molecular complexity index is 914. The SMILES string of the molecule is O=C(Nc1ccc([N+](=O)[O-])c(C(F)(F)F)c1)Nc1c(Cl)cccc1C1CC1. The molecule has 3 rings (SSSR count). The molecule has 0 unspecified atom stereocenters. The number of carbonyl (C=O) groups is 1. The van der Waals surface area contributed by atoms with E-state index in [0.29, 0.717) is 22.8 Å². The zero-order valence-electron chi connectivity index (χ0n) is 13.6. The molecule has 0 spiro atoms. The van der Waals surface area contributed by atoms with E-state index in [1.807, 2.05) is 6.07 Å². The number of rotatable bonds is 4. The molecule has 1 saturated carbocycles. The zero-order valence-corrected chi connectivity index (χ0v) is 14.4. The minimum atomic E-state index is -4.93. The lowest BCUT2D eigenvalue weighted by molar-refractivity contribution is -0.388. The molecule has 0 radical (unpaired) electrons. The highest BCUT2D eigenvalue weighted by atomic mass is 35.5. The number of halogens is 4. The minimum Gasteiger partial charge on any atom is -0.308 e. The molecule has 0 heterocycles. The number of urea groups is 1. The first-order valence-corrected chi connectivity index (χ1v) is 8.26. The van der Waals surface area contributed by atoms with Crippen LogP contribution in [0.5, 0.6) is 0 Å². The van der Waals surface area contributed by atoms with Crippen molar-refractivity contribution in [1.29, 1.82) is 0 Å². The van der Waals surface area contributed by atoms with Crippen LogP contribution in [0.4, 0.5) is 35.0 Å². The van der Waals surface area contributed by atoms with Gasteiger partial charge in [-0.1, -0.05) is 23.7 Å². The predicted molar refractivity (Wildman–Crippen MR) is 94.2 cm³/mol. The fraction of sp³-hybridized carbons (Fsp3) is 0.235. The lowest BCUT2D eigenvalue weighted by Gasteiger charge is -2.14. The van der Waals surface area contributed by atoms with Crippen molar-refractivity contribution in [3.8, 4) is 0 Å². The smallest absolute Gasteiger partial charge is 0.308 e. The van der Waals surface area contributed by atoms with Crippen molar-refractivity contribution in [2.45, 2.75) is 24.9 Å². The molecule has 2 amide bonds. The molecule has 0 bridgehead atoms. The van der Waals surface area contributed by atoms with E-state index in [4.69, 9.17) is 11.6 Å². The van der Waals surface area contributed by atoms with Crippen molar-refractivity contribution >= 4 is 34.7 Å². The summed E-state index contributed by atoms with van der Waals surface area (Å²) in [5.41, 5.74) is -1.50. The number of amides is 2. The highest BCUT2D eigenvalue weighted by Crippen LogP contribution is 2.45. The van der Waals surface area contributed by atoms with Crippen LogP contribution in [0.2, 0.25) is 5.02 Å². The van der Waals surface area contributed by atoms with Gasteiger partial charge in [0.25, 0.3) is 5.69 Å². The molecule has 10 heteroatoms. The number of hydrogen-bond acceptors (Lipinski definition) is 3. The average molecular weight is 400 g/mol. The third kappa shape index (κ3) is 4.30. The number of nitro groups is 1. The quantitative estimate of drug-likeness (QED) is 0.504. The molecule has 2 N–H and O–H groups in total. The Morgan fingerprint density at radius 1 is 1.19 bits per heavy atom. The van der Waals surface area contributed by atoms with Crippen LogP contribution in [-0.2, 0) is 6.18 Å². The molecular formula is C17H13ClF3N3O3. The maximum atomic E-state index is 13.0. The van der Waals surface area contributed by atoms with Gasteiger partial charge < -0.3 is 10.6 Å². The summed E-state index contributed by atoms with van der Waals surface area (Å²) in [6.45, 7) is 0. The summed E-state index contributed by atoms with van der Waals surface area (Å²) in [5.74, 6) is 0.287. The van der Waals surface area contributed by atoms with Gasteiger partial charge in [-0.15, -0.1) is 0 Å². The van der Waals surface area contributed by atoms with E-state index in [2.05, 4.69) is 10.6 Å². The molecule has 1 fully saturated rings. The monoisotopic (exact) mass is 399 g/mol. The Hall–Kier alpha value is -2.81. The molecule has 2 aromatic carbocycles. The van der Waals surface area contributed by atoms with E-state index in [0.717, 1.165) is 24.5 Å². The van der Waals surface area contributed by atoms with Crippen molar-refractivity contribution in [2.24, 2.45) is 0 Å². The van der Waals surface area contributed by atoms with Crippen molar-refractivity contribution in [2.75, 3.05) is 10.6 Å². The fourth-order valence-corrected chi connectivity index (χ4v) is 2.91. The van der Waals surface area contributed by atoms with Crippen LogP contribution in [-0.4, -0.2) is 11.0 Å². The van der Waals surface area contributed by atoms with E-state index in [1.54, 1.807) is 12.1 Å². The van der Waals surface area contributed by atoms with Crippen LogP contribution < -0.4 is 10.6 Å². The number of alkyl halides is 3. The number of nitrogens with zero attached hydrogens (tertiary/aromatic N) is 1. The predicted octanol–water partition coefficient (Wildman–Crippen LogP) is 5.79. The molecule has 0 aromatic heterocycles. The second-order valence-electron chi connectivity index (χ2n) is 6.04. The Morgan fingerprint density at radius 2 is 1.89 bits per heavy atom. The normalized spacial score (nSPS) is 13.9. The summed E-state index contributed by atoms with van der Waals surface area (Å²) in [6.07, 6.45) is -3.00. The second-order valence-corrected chi connectivity index (χ2v) is 6.45. The number of anilines is 2. The fourth-order valence-electron chi connectivity index (χ4n) is 2.68. The molecule has 2 aromatic rings. The molecular weight excluding hydrogens is 387 g/mol. The highest BCUT2D eigenvalue weighted by molar-refractivity contribution is 6.34. The summed E-state index contributed by atoms with van der Waals surface area (Å²) in [5, 5.41) is 15.9. The van der Waals surface area contributed by atoms with Crippen LogP contribution in [0, 0.1) is 10.1 Å². The Kier molecular flexibility index (Phi) is 4.97. The second kappa shape index (κ2) is 7.07. The molecule has 0 aliphatic heterocycles. The van der Waals surface area contributed by atoms with Crippen molar-refractivity contribution < 1.29 is 22.9 Å². The molecule has 1 aliphatic rings. The first-order valence-electron chi connectivity index (χ1n) is 7.89. The van der Waals surface area contributed by atoms with Gasteiger partial charge in [0.15, 0.2) is 0 Å². The molecule has 27 heavy (non-hydrogen) atoms. The Balaban J connectivity index is 1.82. The summed E-state index contributed by atoms with van der Waals surface area (Å²) in [6, 6.07) is 6.62. The summed E-state index contributed by atoms with van der Waals surface area (Å²) < 4.78 is 39.1. The van der Waals surface area contributed by atoms with Crippen LogP contribution in [0.3, 0.4) is 0 Å². The average Bonchev–Trinajstić information content (AvgIpc) is 3.40. The third-order valence-corrected chi connectivity index (χ3v) is 4.37. The van der Waals surface area contributed by atoms with Gasteiger partial charge in [0.2, 0.25) is 0 Å². The van der Waals surface area contributed by atoms with Crippen LogP contribution in [0.1, 0.15) is 29.9 Å². The molecule has 1 aliphatic carbocycles. The van der Waals surface area contributed by atoms with E-state index >= 15 is 0 Å². The Morgan fingerprint density at radius 3 is 2.48 bits per heavy atom. The van der Waals surface area contributed by atoms with Gasteiger partial charge in [0.1, 0.15) is 5.56 Å². The number of para-hydroxylation sites is 1. The number of carbonyl (C=O) groups excluding carboxylic acids is 1. The number of nitro benzene ring substituents is 1. The van der Waals surface area contributed by atoms with Gasteiger partial charge in [0.05, 0.1) is 15.6 Å². The zero-order chi connectivity index (χ0) is 19.8. The van der Waals surface area contributed by atoms with Gasteiger partial charge in [0, 0.05) is 11.8 Å².